The van der Waals surface area contributed by atoms with Gasteiger partial charge < -0.3 is 9.84 Å². The molecule has 0 bridgehead atoms. The summed E-state index contributed by atoms with van der Waals surface area (Å²) in [6, 6.07) is 0.279. The molecule has 0 unspecified atom stereocenters. The van der Waals surface area contributed by atoms with Crippen LogP contribution >= 0.6 is 11.8 Å². The normalized spacial score (nSPS) is 21.6. The van der Waals surface area contributed by atoms with E-state index in [1.807, 2.05) is 11.8 Å². The van der Waals surface area contributed by atoms with E-state index in [0.29, 0.717) is 0 Å². The number of hydrogen-bond acceptors (Lipinski definition) is 5. The molecule has 2 rings (SSSR count). The summed E-state index contributed by atoms with van der Waals surface area (Å²) in [6.45, 7) is 7.63. The lowest BCUT2D eigenvalue weighted by Gasteiger charge is -2.15. The molecule has 2 heterocycles. The van der Waals surface area contributed by atoms with Crippen molar-refractivity contribution >= 4 is 11.8 Å². The van der Waals surface area contributed by atoms with Crippen LogP contribution < -0.4 is 5.32 Å². The Labute approximate surface area is 101 Å². The highest BCUT2D eigenvalue weighted by molar-refractivity contribution is 7.99. The van der Waals surface area contributed by atoms with Crippen LogP contribution in [0.1, 0.15) is 51.4 Å². The van der Waals surface area contributed by atoms with Crippen LogP contribution in [0.5, 0.6) is 0 Å². The van der Waals surface area contributed by atoms with Crippen molar-refractivity contribution in [1.82, 2.24) is 15.5 Å². The van der Waals surface area contributed by atoms with E-state index >= 15 is 0 Å². The molecule has 1 atom stereocenters. The molecule has 1 aromatic heterocycles. The molecular weight excluding hydrogens is 222 g/mol. The lowest BCUT2D eigenvalue weighted by Crippen LogP contribution is -2.13. The van der Waals surface area contributed by atoms with Gasteiger partial charge in [-0.3, -0.25) is 0 Å². The number of thioether (sulfide) groups is 1. The Kier molecular flexibility index (Phi) is 3.54. The van der Waals surface area contributed by atoms with Gasteiger partial charge in [-0.2, -0.15) is 4.98 Å². The zero-order valence-electron chi connectivity index (χ0n) is 10.1. The molecule has 1 N–H and O–H groups in total. The molecule has 0 radical (unpaired) electrons. The highest BCUT2D eigenvalue weighted by Gasteiger charge is 2.22. The first-order valence-electron chi connectivity index (χ1n) is 5.74. The Morgan fingerprint density at radius 2 is 2.31 bits per heavy atom. The smallest absolute Gasteiger partial charge is 0.243 e. The van der Waals surface area contributed by atoms with Gasteiger partial charge in [0, 0.05) is 4.75 Å². The van der Waals surface area contributed by atoms with Crippen LogP contribution in [-0.2, 0) is 5.75 Å². The lowest BCUT2D eigenvalue weighted by atomic mass is 10.2. The Hall–Kier alpha value is -0.550. The summed E-state index contributed by atoms with van der Waals surface area (Å²) in [5.74, 6) is 2.38. The minimum atomic E-state index is 0.242. The van der Waals surface area contributed by atoms with Crippen molar-refractivity contribution in [3.05, 3.63) is 11.7 Å². The Bertz CT molecular complexity index is 339. The van der Waals surface area contributed by atoms with Crippen LogP contribution in [0, 0.1) is 0 Å². The van der Waals surface area contributed by atoms with Gasteiger partial charge in [0.1, 0.15) is 0 Å². The third kappa shape index (κ3) is 3.22. The second-order valence-electron chi connectivity index (χ2n) is 5.10. The second kappa shape index (κ2) is 4.75. The molecule has 1 fully saturated rings. The van der Waals surface area contributed by atoms with Crippen molar-refractivity contribution in [2.75, 3.05) is 6.54 Å². The molecule has 1 aliphatic rings. The molecule has 16 heavy (non-hydrogen) atoms. The topological polar surface area (TPSA) is 51.0 Å². The molecule has 0 spiro atoms. The largest absolute Gasteiger partial charge is 0.338 e. The quantitative estimate of drug-likeness (QED) is 0.881. The van der Waals surface area contributed by atoms with Crippen LogP contribution in [0.2, 0.25) is 0 Å². The number of hydrogen-bond donors (Lipinski definition) is 1. The van der Waals surface area contributed by atoms with E-state index in [-0.39, 0.29) is 10.8 Å². The van der Waals surface area contributed by atoms with Crippen LogP contribution in [0.3, 0.4) is 0 Å². The summed E-state index contributed by atoms with van der Waals surface area (Å²) in [5.41, 5.74) is 0. The summed E-state index contributed by atoms with van der Waals surface area (Å²) in [4.78, 5) is 4.43. The standard InChI is InChI=1S/C11H19N3OS/c1-11(2,3)16-7-9-13-10(15-14-9)8-5-4-6-12-8/h8,12H,4-7H2,1-3H3/t8-/m1/s1. The molecular formula is C11H19N3OS. The van der Waals surface area contributed by atoms with E-state index in [2.05, 4.69) is 36.2 Å². The Morgan fingerprint density at radius 3 is 2.94 bits per heavy atom. The first kappa shape index (κ1) is 11.9. The first-order valence-corrected chi connectivity index (χ1v) is 6.73. The molecule has 90 valence electrons. The van der Waals surface area contributed by atoms with Crippen LogP contribution in [-0.4, -0.2) is 21.4 Å². The van der Waals surface area contributed by atoms with Gasteiger partial charge in [-0.05, 0) is 19.4 Å². The van der Waals surface area contributed by atoms with Gasteiger partial charge in [0.25, 0.3) is 0 Å². The van der Waals surface area contributed by atoms with E-state index in [4.69, 9.17) is 4.52 Å². The molecule has 0 saturated carbocycles. The van der Waals surface area contributed by atoms with E-state index in [1.54, 1.807) is 0 Å². The van der Waals surface area contributed by atoms with E-state index < -0.39 is 0 Å². The van der Waals surface area contributed by atoms with Gasteiger partial charge in [-0.1, -0.05) is 25.9 Å². The van der Waals surface area contributed by atoms with Gasteiger partial charge in [0.15, 0.2) is 5.82 Å². The van der Waals surface area contributed by atoms with Crippen molar-refractivity contribution in [3.63, 3.8) is 0 Å². The first-order chi connectivity index (χ1) is 7.54. The number of aromatic nitrogens is 2. The molecule has 0 aromatic carbocycles. The van der Waals surface area contributed by atoms with Crippen molar-refractivity contribution in [1.29, 1.82) is 0 Å². The van der Waals surface area contributed by atoms with Crippen molar-refractivity contribution in [3.8, 4) is 0 Å². The van der Waals surface area contributed by atoms with Crippen LogP contribution in [0.25, 0.3) is 0 Å². The summed E-state index contributed by atoms with van der Waals surface area (Å²) >= 11 is 1.84. The molecule has 0 amide bonds. The highest BCUT2D eigenvalue weighted by Crippen LogP contribution is 2.27. The third-order valence-corrected chi connectivity index (χ3v) is 3.75. The minimum Gasteiger partial charge on any atom is -0.338 e. The molecule has 1 saturated heterocycles. The summed E-state index contributed by atoms with van der Waals surface area (Å²) < 4.78 is 5.52. The Morgan fingerprint density at radius 1 is 1.50 bits per heavy atom. The fourth-order valence-corrected chi connectivity index (χ4v) is 2.32. The monoisotopic (exact) mass is 241 g/mol. The lowest BCUT2D eigenvalue weighted by molar-refractivity contribution is 0.342. The van der Waals surface area contributed by atoms with Gasteiger partial charge in [0.05, 0.1) is 11.8 Å². The maximum atomic E-state index is 5.28. The molecule has 4 nitrogen and oxygen atoms in total. The van der Waals surface area contributed by atoms with Gasteiger partial charge in [-0.15, -0.1) is 11.8 Å². The van der Waals surface area contributed by atoms with Crippen LogP contribution in [0.4, 0.5) is 0 Å². The maximum Gasteiger partial charge on any atom is 0.243 e. The van der Waals surface area contributed by atoms with E-state index in [9.17, 15) is 0 Å². The molecule has 0 aliphatic carbocycles. The zero-order chi connectivity index (χ0) is 11.6. The highest BCUT2D eigenvalue weighted by atomic mass is 32.2. The van der Waals surface area contributed by atoms with E-state index in [1.165, 1.54) is 6.42 Å². The number of nitrogens with zero attached hydrogens (tertiary/aromatic N) is 2. The van der Waals surface area contributed by atoms with Crippen molar-refractivity contribution in [2.24, 2.45) is 0 Å². The SMILES string of the molecule is CC(C)(C)SCc1noc([C@H]2CCCN2)n1. The third-order valence-electron chi connectivity index (χ3n) is 2.48. The van der Waals surface area contributed by atoms with Crippen molar-refractivity contribution < 1.29 is 4.52 Å². The van der Waals surface area contributed by atoms with Crippen LogP contribution in [0.15, 0.2) is 4.52 Å². The summed E-state index contributed by atoms with van der Waals surface area (Å²) in [7, 11) is 0. The maximum absolute atomic E-state index is 5.28. The zero-order valence-corrected chi connectivity index (χ0v) is 10.9. The predicted octanol–water partition coefficient (Wildman–Crippen LogP) is 2.53. The van der Waals surface area contributed by atoms with Gasteiger partial charge in [-0.25, -0.2) is 0 Å². The number of nitrogens with one attached hydrogen (secondary N) is 1. The molecule has 5 heteroatoms. The summed E-state index contributed by atoms with van der Waals surface area (Å²) in [5, 5.41) is 7.37. The minimum absolute atomic E-state index is 0.242. The summed E-state index contributed by atoms with van der Waals surface area (Å²) in [6.07, 6.45) is 2.30. The van der Waals surface area contributed by atoms with Gasteiger partial charge >= 0.3 is 0 Å². The average molecular weight is 241 g/mol. The predicted molar refractivity (Wildman–Crippen MR) is 65.3 cm³/mol. The molecule has 1 aliphatic heterocycles. The van der Waals surface area contributed by atoms with E-state index in [0.717, 1.165) is 30.4 Å². The fraction of sp³-hybridized carbons (Fsp3) is 0.818. The second-order valence-corrected chi connectivity index (χ2v) is 6.90. The molecule has 1 aromatic rings. The van der Waals surface area contributed by atoms with Crippen molar-refractivity contribution in [2.45, 2.75) is 50.2 Å². The fourth-order valence-electron chi connectivity index (χ4n) is 1.64. The Balaban J connectivity index is 1.91. The number of rotatable bonds is 3. The average Bonchev–Trinajstić information content (AvgIpc) is 2.84. The van der Waals surface area contributed by atoms with Gasteiger partial charge in [0.2, 0.25) is 5.89 Å².